The molecule has 4 heterocycles. The minimum Gasteiger partial charge on any atom is -0.348 e. The molecule has 0 aromatic carbocycles. The maximum atomic E-state index is 12.9. The molecule has 1 amide bonds. The quantitative estimate of drug-likeness (QED) is 0.689. The van der Waals surface area contributed by atoms with E-state index < -0.39 is 11.2 Å². The Morgan fingerprint density at radius 1 is 1.31 bits per heavy atom. The Kier molecular flexibility index (Phi) is 3.90. The molecule has 4 rings (SSSR count). The zero-order chi connectivity index (χ0) is 18.3. The molecule has 0 aliphatic carbocycles. The molecule has 134 valence electrons. The first-order valence-electron chi connectivity index (χ1n) is 8.42. The minimum atomic E-state index is -0.544. The van der Waals surface area contributed by atoms with Crippen molar-refractivity contribution in [1.29, 1.82) is 0 Å². The lowest BCUT2D eigenvalue weighted by Gasteiger charge is -2.31. The summed E-state index contributed by atoms with van der Waals surface area (Å²) in [6, 6.07) is 1.50. The number of aromatic nitrogens is 5. The van der Waals surface area contributed by atoms with Crippen LogP contribution < -0.4 is 11.2 Å². The van der Waals surface area contributed by atoms with Gasteiger partial charge in [0, 0.05) is 44.6 Å². The predicted molar refractivity (Wildman–Crippen MR) is 94.1 cm³/mol. The second kappa shape index (κ2) is 6.25. The number of pyridine rings is 1. The third kappa shape index (κ3) is 2.71. The third-order valence-electron chi connectivity index (χ3n) is 4.82. The van der Waals surface area contributed by atoms with E-state index in [1.54, 1.807) is 17.3 Å². The summed E-state index contributed by atoms with van der Waals surface area (Å²) in [6.45, 7) is 1.21. The second-order valence-corrected chi connectivity index (χ2v) is 6.48. The number of hydrogen-bond donors (Lipinski definition) is 2. The fourth-order valence-electron chi connectivity index (χ4n) is 3.42. The molecule has 2 N–H and O–H groups in total. The lowest BCUT2D eigenvalue weighted by Crippen LogP contribution is -2.39. The molecule has 0 spiro atoms. The monoisotopic (exact) mass is 354 g/mol. The van der Waals surface area contributed by atoms with Gasteiger partial charge in [-0.1, -0.05) is 0 Å². The van der Waals surface area contributed by atoms with Gasteiger partial charge >= 0.3 is 5.69 Å². The van der Waals surface area contributed by atoms with Gasteiger partial charge in [0.05, 0.1) is 10.9 Å². The SMILES string of the molecule is Cn1c(=O)[nH]c(=O)c2cc(C(=O)N3CCCC(c4ncc[nH]4)C3)cnc21. The van der Waals surface area contributed by atoms with Crippen molar-refractivity contribution >= 4 is 16.9 Å². The average Bonchev–Trinajstić information content (AvgIpc) is 3.20. The zero-order valence-electron chi connectivity index (χ0n) is 14.2. The van der Waals surface area contributed by atoms with Gasteiger partial charge in [0.2, 0.25) is 0 Å². The molecule has 0 bridgehead atoms. The number of nitrogens with one attached hydrogen (secondary N) is 2. The Labute approximate surface area is 147 Å². The topological polar surface area (TPSA) is 117 Å². The second-order valence-electron chi connectivity index (χ2n) is 6.48. The van der Waals surface area contributed by atoms with E-state index in [2.05, 4.69) is 19.9 Å². The molecule has 1 atom stereocenters. The Hall–Kier alpha value is -3.23. The standard InChI is InChI=1S/C17H18N6O3/c1-22-14-12(15(24)21-17(22)26)7-11(8-20-14)16(25)23-6-2-3-10(9-23)13-18-4-5-19-13/h4-5,7-8,10H,2-3,6,9H2,1H3,(H,18,19)(H,21,24,26). The highest BCUT2D eigenvalue weighted by Crippen LogP contribution is 2.25. The van der Waals surface area contributed by atoms with E-state index in [0.717, 1.165) is 18.7 Å². The van der Waals surface area contributed by atoms with Crippen molar-refractivity contribution in [1.82, 2.24) is 29.4 Å². The van der Waals surface area contributed by atoms with Crippen LogP contribution in [-0.4, -0.2) is 48.4 Å². The summed E-state index contributed by atoms with van der Waals surface area (Å²) in [5.74, 6) is 0.870. The van der Waals surface area contributed by atoms with Crippen molar-refractivity contribution in [2.75, 3.05) is 13.1 Å². The number of hydrogen-bond acceptors (Lipinski definition) is 5. The van der Waals surface area contributed by atoms with Crippen LogP contribution in [0, 0.1) is 0 Å². The predicted octanol–water partition coefficient (Wildman–Crippen LogP) is 0.365. The van der Waals surface area contributed by atoms with Crippen molar-refractivity contribution in [2.45, 2.75) is 18.8 Å². The highest BCUT2D eigenvalue weighted by atomic mass is 16.2. The van der Waals surface area contributed by atoms with Crippen LogP contribution in [0.2, 0.25) is 0 Å². The molecule has 9 nitrogen and oxygen atoms in total. The fraction of sp³-hybridized carbons (Fsp3) is 0.353. The van der Waals surface area contributed by atoms with Gasteiger partial charge in [-0.15, -0.1) is 0 Å². The largest absolute Gasteiger partial charge is 0.348 e. The van der Waals surface area contributed by atoms with Gasteiger partial charge in [0.25, 0.3) is 11.5 Å². The van der Waals surface area contributed by atoms with Crippen LogP contribution in [0.4, 0.5) is 0 Å². The van der Waals surface area contributed by atoms with Gasteiger partial charge in [-0.2, -0.15) is 0 Å². The number of H-pyrrole nitrogens is 2. The number of aromatic amines is 2. The molecule has 0 saturated carbocycles. The summed E-state index contributed by atoms with van der Waals surface area (Å²) in [4.78, 5) is 52.2. The van der Waals surface area contributed by atoms with Crippen LogP contribution >= 0.6 is 0 Å². The molecule has 9 heteroatoms. The van der Waals surface area contributed by atoms with Gasteiger partial charge in [-0.05, 0) is 18.9 Å². The van der Waals surface area contributed by atoms with E-state index in [4.69, 9.17) is 0 Å². The van der Waals surface area contributed by atoms with Gasteiger partial charge in [0.15, 0.2) is 0 Å². The zero-order valence-corrected chi connectivity index (χ0v) is 14.2. The van der Waals surface area contributed by atoms with Crippen LogP contribution in [0.5, 0.6) is 0 Å². The van der Waals surface area contributed by atoms with Crippen LogP contribution in [0.3, 0.4) is 0 Å². The summed E-state index contributed by atoms with van der Waals surface area (Å²) in [5.41, 5.74) is -0.493. The molecule has 1 fully saturated rings. The van der Waals surface area contributed by atoms with Gasteiger partial charge < -0.3 is 9.88 Å². The number of fused-ring (bicyclic) bond motifs is 1. The molecule has 3 aromatic heterocycles. The maximum absolute atomic E-state index is 12.9. The number of carbonyl (C=O) groups is 1. The number of carbonyl (C=O) groups excluding carboxylic acids is 1. The highest BCUT2D eigenvalue weighted by Gasteiger charge is 2.27. The summed E-state index contributed by atoms with van der Waals surface area (Å²) in [6.07, 6.45) is 6.75. The third-order valence-corrected chi connectivity index (χ3v) is 4.82. The first-order chi connectivity index (χ1) is 12.5. The number of amides is 1. The lowest BCUT2D eigenvalue weighted by molar-refractivity contribution is 0.0704. The van der Waals surface area contributed by atoms with Crippen molar-refractivity contribution < 1.29 is 4.79 Å². The Bertz CT molecular complexity index is 1080. The molecule has 1 aliphatic rings. The van der Waals surface area contributed by atoms with Crippen molar-refractivity contribution in [3.05, 3.63) is 56.9 Å². The molecule has 1 saturated heterocycles. The smallest absolute Gasteiger partial charge is 0.329 e. The minimum absolute atomic E-state index is 0.167. The number of imidazole rings is 1. The van der Waals surface area contributed by atoms with E-state index in [9.17, 15) is 14.4 Å². The molecule has 26 heavy (non-hydrogen) atoms. The van der Waals surface area contributed by atoms with E-state index in [1.807, 2.05) is 0 Å². The molecular weight excluding hydrogens is 336 g/mol. The van der Waals surface area contributed by atoms with Crippen molar-refractivity contribution in [3.63, 3.8) is 0 Å². The summed E-state index contributed by atoms with van der Waals surface area (Å²) in [7, 11) is 1.52. The number of nitrogens with zero attached hydrogens (tertiary/aromatic N) is 4. The normalized spacial score (nSPS) is 17.6. The van der Waals surface area contributed by atoms with Gasteiger partial charge in [-0.3, -0.25) is 19.1 Å². The summed E-state index contributed by atoms with van der Waals surface area (Å²) >= 11 is 0. The molecule has 0 radical (unpaired) electrons. The molecule has 1 aliphatic heterocycles. The van der Waals surface area contributed by atoms with Crippen LogP contribution in [0.25, 0.3) is 11.0 Å². The number of aryl methyl sites for hydroxylation is 1. The Morgan fingerprint density at radius 3 is 2.92 bits per heavy atom. The van der Waals surface area contributed by atoms with Crippen molar-refractivity contribution in [3.8, 4) is 0 Å². The van der Waals surface area contributed by atoms with E-state index in [0.29, 0.717) is 18.7 Å². The number of likely N-dealkylation sites (tertiary alicyclic amines) is 1. The van der Waals surface area contributed by atoms with Crippen molar-refractivity contribution in [2.24, 2.45) is 7.05 Å². The molecular formula is C17H18N6O3. The molecule has 3 aromatic rings. The Morgan fingerprint density at radius 2 is 2.15 bits per heavy atom. The average molecular weight is 354 g/mol. The van der Waals surface area contributed by atoms with E-state index >= 15 is 0 Å². The summed E-state index contributed by atoms with van der Waals surface area (Å²) in [5, 5.41) is 0.220. The highest BCUT2D eigenvalue weighted by molar-refractivity contribution is 5.96. The van der Waals surface area contributed by atoms with Gasteiger partial charge in [0.1, 0.15) is 11.5 Å². The van der Waals surface area contributed by atoms with Gasteiger partial charge in [-0.25, -0.2) is 14.8 Å². The first-order valence-corrected chi connectivity index (χ1v) is 8.42. The Balaban J connectivity index is 1.66. The van der Waals surface area contributed by atoms with Crippen LogP contribution in [0.15, 0.2) is 34.2 Å². The van der Waals surface area contributed by atoms with Crippen LogP contribution in [0.1, 0.15) is 34.9 Å². The van der Waals surface area contributed by atoms with E-state index in [-0.39, 0.29) is 22.9 Å². The first kappa shape index (κ1) is 16.2. The number of rotatable bonds is 2. The maximum Gasteiger partial charge on any atom is 0.329 e. The van der Waals surface area contributed by atoms with Crippen LogP contribution in [-0.2, 0) is 7.05 Å². The fourth-order valence-corrected chi connectivity index (χ4v) is 3.42. The van der Waals surface area contributed by atoms with E-state index in [1.165, 1.54) is 23.9 Å². The number of piperidine rings is 1. The lowest BCUT2D eigenvalue weighted by atomic mass is 9.97. The molecule has 1 unspecified atom stereocenters. The summed E-state index contributed by atoms with van der Waals surface area (Å²) < 4.78 is 1.25.